The molecule has 0 radical (unpaired) electrons. The van der Waals surface area contributed by atoms with Gasteiger partial charge in [0.1, 0.15) is 55.1 Å². The van der Waals surface area contributed by atoms with Crippen LogP contribution in [0.4, 0.5) is 9.18 Å². The zero-order valence-electron chi connectivity index (χ0n) is 52.3. The van der Waals surface area contributed by atoms with Crippen molar-refractivity contribution in [3.8, 4) is 11.4 Å². The summed E-state index contributed by atoms with van der Waals surface area (Å²) in [6.45, 7) is 8.33. The largest absolute Gasteiger partial charge is 0.459 e. The number of aromatic nitrogens is 2. The molecule has 7 N–H and O–H groups in total. The van der Waals surface area contributed by atoms with E-state index in [0.29, 0.717) is 74.3 Å². The van der Waals surface area contributed by atoms with Crippen LogP contribution in [0, 0.1) is 18.7 Å². The molecule has 2 aromatic heterocycles. The van der Waals surface area contributed by atoms with Gasteiger partial charge in [-0.15, -0.1) is 0 Å². The summed E-state index contributed by atoms with van der Waals surface area (Å²) in [6.07, 6.45) is 2.28. The van der Waals surface area contributed by atoms with Crippen molar-refractivity contribution in [3.63, 3.8) is 0 Å². The minimum absolute atomic E-state index is 0.0296. The Hall–Kier alpha value is -9.44. The first-order valence-corrected chi connectivity index (χ1v) is 30.3. The van der Waals surface area contributed by atoms with Crippen LogP contribution in [-0.2, 0) is 98.5 Å². The molecule has 5 aliphatic rings. The Morgan fingerprint density at radius 1 is 0.815 bits per heavy atom. The highest BCUT2D eigenvalue weighted by Gasteiger charge is 2.47. The highest BCUT2D eigenvalue weighted by molar-refractivity contribution is 6.15. The maximum Gasteiger partial charge on any atom is 0.410 e. The molecule has 27 nitrogen and oxygen atoms in total. The van der Waals surface area contributed by atoms with Crippen LogP contribution >= 0.6 is 0 Å². The second-order valence-corrected chi connectivity index (χ2v) is 25.4. The number of imide groups is 1. The van der Waals surface area contributed by atoms with E-state index in [2.05, 4.69) is 31.9 Å². The number of aryl methyl sites for hydroxylation is 1. The highest BCUT2D eigenvalue weighted by Crippen LogP contribution is 2.46. The van der Waals surface area contributed by atoms with Crippen molar-refractivity contribution in [3.05, 3.63) is 110 Å². The average molecular weight is 1280 g/mol. The summed E-state index contributed by atoms with van der Waals surface area (Å²) >= 11 is 0. The summed E-state index contributed by atoms with van der Waals surface area (Å²) in [5, 5.41) is 27.5. The maximum atomic E-state index is 15.6. The number of carbonyl (C=O) groups is 11. The molecule has 9 amide bonds. The number of rotatable bonds is 24. The normalized spacial score (nSPS) is 18.1. The second-order valence-electron chi connectivity index (χ2n) is 25.4. The Morgan fingerprint density at radius 2 is 1.47 bits per heavy atom. The molecule has 2 aromatic carbocycles. The third-order valence-corrected chi connectivity index (χ3v) is 16.3. The van der Waals surface area contributed by atoms with Crippen LogP contribution in [0.5, 0.6) is 0 Å². The number of nitrogens with one attached hydrogen (secondary N) is 6. The van der Waals surface area contributed by atoms with Crippen molar-refractivity contribution in [2.45, 2.75) is 155 Å². The van der Waals surface area contributed by atoms with E-state index < -0.39 is 157 Å². The fourth-order valence-electron chi connectivity index (χ4n) is 11.5. The summed E-state index contributed by atoms with van der Waals surface area (Å²) in [5.74, 6) is -8.80. The Bertz CT molecular complexity index is 3760. The molecule has 0 bridgehead atoms. The standard InChI is InChI=1S/C64H75FN10O17/c1-9-64(88)39-23-44-55-37(28-74(44)59(85)38(39)31-89-60(64)86)54-41(18-17-36-33(2)40(65)24-42(71-55)53(36)54)72-58(84)46(22-35-15-16-35)90-32-69-48(77)26-67-56(82)43(21-34-13-11-10-12-14-34)70-49(78)27-66-47(76)25-68-57(83)45(75-50(79)19-20-51(75)80)29-73(61(87)92-63(6,7)8)30-52(81)91-62(3,4)5/h10-14,19-20,23-24,35,41,43,45-46,88H,9,15-18,21-22,25-32H2,1-8H3,(H,66,76)(H,67,82)(H,68,83)(H,69,77)(H,70,78)(H,72,84)/t41-,43-,45-,46+,64-/m0/s1. The molecule has 0 spiro atoms. The fraction of sp³-hybridized carbons (Fsp3) is 0.484. The Labute approximate surface area is 527 Å². The number of hydrogen-bond acceptors (Lipinski definition) is 18. The van der Waals surface area contributed by atoms with E-state index >= 15 is 4.39 Å². The minimum atomic E-state index is -2.08. The molecule has 0 saturated heterocycles. The number of carbonyl (C=O) groups excluding carboxylic acids is 11. The van der Waals surface area contributed by atoms with Crippen LogP contribution in [-0.4, -0.2) is 159 Å². The molecule has 3 aliphatic heterocycles. The number of halogens is 1. The molecule has 92 heavy (non-hydrogen) atoms. The molecule has 0 unspecified atom stereocenters. The SMILES string of the molecule is CC[C@@]1(O)C(=O)OCc2c1cc1n(c2=O)Cc2c-1nc1cc(F)c(C)c3c1c2[C@@H](NC(=O)[C@@H](CC1CC1)OCNC(=O)CNC(=O)[C@H](Cc1ccccc1)NC(=O)CNC(=O)CNC(=O)[C@H](CN(CC(=O)OC(C)(C)C)C(=O)OC(C)(C)C)N1C(=O)C=CC1=O)CC3. The summed E-state index contributed by atoms with van der Waals surface area (Å²) in [7, 11) is 0. The quantitative estimate of drug-likeness (QED) is 0.0201. The molecule has 5 heterocycles. The van der Waals surface area contributed by atoms with Gasteiger partial charge in [-0.2, -0.15) is 0 Å². The van der Waals surface area contributed by atoms with Crippen LogP contribution in [0.2, 0.25) is 0 Å². The van der Waals surface area contributed by atoms with Crippen molar-refractivity contribution in [2.24, 2.45) is 5.92 Å². The van der Waals surface area contributed by atoms with Crippen molar-refractivity contribution in [2.75, 3.05) is 39.5 Å². The summed E-state index contributed by atoms with van der Waals surface area (Å²) < 4.78 is 39.2. The lowest BCUT2D eigenvalue weighted by molar-refractivity contribution is -0.172. The van der Waals surface area contributed by atoms with Gasteiger partial charge in [-0.25, -0.2) is 19.0 Å². The van der Waals surface area contributed by atoms with Crippen LogP contribution in [0.25, 0.3) is 22.3 Å². The van der Waals surface area contributed by atoms with Gasteiger partial charge in [0.2, 0.25) is 35.4 Å². The van der Waals surface area contributed by atoms with E-state index in [-0.39, 0.29) is 43.0 Å². The predicted octanol–water partition coefficient (Wildman–Crippen LogP) is 1.84. The summed E-state index contributed by atoms with van der Waals surface area (Å²) in [5.41, 5.74) is -0.415. The molecule has 1 saturated carbocycles. The van der Waals surface area contributed by atoms with E-state index in [4.69, 9.17) is 23.9 Å². The maximum absolute atomic E-state index is 15.6. The van der Waals surface area contributed by atoms with E-state index in [1.54, 1.807) is 91.8 Å². The van der Waals surface area contributed by atoms with Gasteiger partial charge in [0.25, 0.3) is 17.4 Å². The van der Waals surface area contributed by atoms with E-state index in [9.17, 15) is 62.6 Å². The monoisotopic (exact) mass is 1270 g/mol. The van der Waals surface area contributed by atoms with Gasteiger partial charge < -0.3 is 60.5 Å². The molecule has 28 heteroatoms. The van der Waals surface area contributed by atoms with Crippen molar-refractivity contribution >= 4 is 76.2 Å². The zero-order chi connectivity index (χ0) is 66.7. The van der Waals surface area contributed by atoms with Crippen molar-refractivity contribution in [1.82, 2.24) is 51.3 Å². The van der Waals surface area contributed by atoms with Crippen LogP contribution < -0.4 is 37.5 Å². The van der Waals surface area contributed by atoms with Crippen molar-refractivity contribution in [1.29, 1.82) is 0 Å². The van der Waals surface area contributed by atoms with Crippen molar-refractivity contribution < 1.29 is 81.2 Å². The number of esters is 2. The van der Waals surface area contributed by atoms with Gasteiger partial charge >= 0.3 is 18.0 Å². The number of benzene rings is 2. The third kappa shape index (κ3) is 15.3. The smallest absolute Gasteiger partial charge is 0.410 e. The van der Waals surface area contributed by atoms with Gasteiger partial charge in [0.15, 0.2) is 5.60 Å². The van der Waals surface area contributed by atoms with Crippen LogP contribution in [0.3, 0.4) is 0 Å². The van der Waals surface area contributed by atoms with Gasteiger partial charge in [-0.1, -0.05) is 50.1 Å². The molecular formula is C64H75FN10O17. The minimum Gasteiger partial charge on any atom is -0.459 e. The highest BCUT2D eigenvalue weighted by atomic mass is 19.1. The van der Waals surface area contributed by atoms with E-state index in [1.807, 2.05) is 0 Å². The van der Waals surface area contributed by atoms with Gasteiger partial charge in [0.05, 0.1) is 61.2 Å². The van der Waals surface area contributed by atoms with Gasteiger partial charge in [0, 0.05) is 41.2 Å². The number of pyridine rings is 2. The molecule has 2 aliphatic carbocycles. The lowest BCUT2D eigenvalue weighted by atomic mass is 9.81. The molecule has 490 valence electrons. The molecule has 1 fully saturated rings. The van der Waals surface area contributed by atoms with Crippen LogP contribution in [0.15, 0.2) is 59.4 Å². The topological polar surface area (TPSA) is 358 Å². The Balaban J connectivity index is 0.807. The lowest BCUT2D eigenvalue weighted by Gasteiger charge is -2.32. The summed E-state index contributed by atoms with van der Waals surface area (Å²) in [6, 6.07) is 7.70. The first-order chi connectivity index (χ1) is 43.4. The predicted molar refractivity (Wildman–Crippen MR) is 323 cm³/mol. The van der Waals surface area contributed by atoms with E-state index in [0.717, 1.165) is 29.9 Å². The van der Waals surface area contributed by atoms with Gasteiger partial charge in [-0.05, 0) is 108 Å². The second kappa shape index (κ2) is 27.2. The van der Waals surface area contributed by atoms with Gasteiger partial charge in [-0.3, -0.25) is 57.7 Å². The molecule has 4 aromatic rings. The number of cyclic esters (lactones) is 1. The molecule has 9 rings (SSSR count). The Kier molecular flexibility index (Phi) is 19.8. The molecular weight excluding hydrogens is 1200 g/mol. The number of nitrogens with zero attached hydrogens (tertiary/aromatic N) is 4. The number of fused-ring (bicyclic) bond motifs is 5. The third-order valence-electron chi connectivity index (χ3n) is 16.3. The number of amides is 9. The fourth-order valence-corrected chi connectivity index (χ4v) is 11.5. The first-order valence-electron chi connectivity index (χ1n) is 30.3. The Morgan fingerprint density at radius 3 is 2.12 bits per heavy atom. The molecule has 5 atom stereocenters. The average Bonchev–Trinajstić information content (AvgIpc) is 1.47. The number of ether oxygens (including phenoxy) is 4. The number of aliphatic hydroxyl groups is 1. The number of hydrogen-bond donors (Lipinski definition) is 7. The van der Waals surface area contributed by atoms with E-state index in [1.165, 1.54) is 10.6 Å². The first kappa shape index (κ1) is 67.0. The zero-order valence-corrected chi connectivity index (χ0v) is 52.3. The summed E-state index contributed by atoms with van der Waals surface area (Å²) in [4.78, 5) is 167. The van der Waals surface area contributed by atoms with Crippen LogP contribution in [0.1, 0.15) is 126 Å². The lowest BCUT2D eigenvalue weighted by Crippen LogP contribution is -2.57.